The number of anilines is 2. The summed E-state index contributed by atoms with van der Waals surface area (Å²) in [6.07, 6.45) is -3.12. The highest BCUT2D eigenvalue weighted by Gasteiger charge is 2.30. The number of halogens is 3. The third-order valence-corrected chi connectivity index (χ3v) is 6.14. The van der Waals surface area contributed by atoms with Gasteiger partial charge in [-0.25, -0.2) is 5.43 Å². The van der Waals surface area contributed by atoms with Gasteiger partial charge in [0.1, 0.15) is 5.75 Å². The van der Waals surface area contributed by atoms with Gasteiger partial charge in [-0.1, -0.05) is 24.3 Å². The van der Waals surface area contributed by atoms with Crippen LogP contribution in [0.1, 0.15) is 31.2 Å². The quantitative estimate of drug-likeness (QED) is 0.176. The summed E-state index contributed by atoms with van der Waals surface area (Å²) in [7, 11) is 0. The van der Waals surface area contributed by atoms with Gasteiger partial charge in [-0.05, 0) is 71.6 Å². The van der Waals surface area contributed by atoms with Gasteiger partial charge in [0.2, 0.25) is 0 Å². The average Bonchev–Trinajstić information content (AvgIpc) is 3.48. The predicted octanol–water partition coefficient (Wildman–Crippen LogP) is 5.80. The maximum atomic E-state index is 12.8. The molecular formula is C28H21F3N4O4S. The molecule has 40 heavy (non-hydrogen) atoms. The Morgan fingerprint density at radius 2 is 1.65 bits per heavy atom. The number of nitrogens with zero attached hydrogens (tertiary/aromatic N) is 1. The molecule has 0 radical (unpaired) electrons. The van der Waals surface area contributed by atoms with Crippen molar-refractivity contribution in [3.63, 3.8) is 0 Å². The summed E-state index contributed by atoms with van der Waals surface area (Å²) in [5.41, 5.74) is 2.73. The van der Waals surface area contributed by atoms with Gasteiger partial charge in [-0.15, -0.1) is 11.3 Å². The predicted molar refractivity (Wildman–Crippen MR) is 146 cm³/mol. The first-order valence-electron chi connectivity index (χ1n) is 11.7. The first-order chi connectivity index (χ1) is 19.2. The van der Waals surface area contributed by atoms with E-state index in [9.17, 15) is 27.6 Å². The minimum Gasteiger partial charge on any atom is -0.484 e. The summed E-state index contributed by atoms with van der Waals surface area (Å²) in [5, 5.41) is 10.8. The first-order valence-corrected chi connectivity index (χ1v) is 12.5. The van der Waals surface area contributed by atoms with Gasteiger partial charge >= 0.3 is 6.18 Å². The van der Waals surface area contributed by atoms with Crippen LogP contribution in [0.15, 0.2) is 95.4 Å². The van der Waals surface area contributed by atoms with Crippen LogP contribution in [0.2, 0.25) is 0 Å². The number of para-hydroxylation sites is 1. The number of benzene rings is 3. The lowest BCUT2D eigenvalue weighted by molar-refractivity contribution is -0.137. The van der Waals surface area contributed by atoms with E-state index >= 15 is 0 Å². The maximum Gasteiger partial charge on any atom is 0.416 e. The normalized spacial score (nSPS) is 11.2. The lowest BCUT2D eigenvalue weighted by Crippen LogP contribution is -2.21. The number of hydrogen-bond acceptors (Lipinski definition) is 6. The molecule has 204 valence electrons. The zero-order valence-corrected chi connectivity index (χ0v) is 21.4. The van der Waals surface area contributed by atoms with Crippen molar-refractivity contribution in [2.75, 3.05) is 17.2 Å². The van der Waals surface area contributed by atoms with Gasteiger partial charge in [0.25, 0.3) is 17.7 Å². The van der Waals surface area contributed by atoms with Crippen LogP contribution in [0.4, 0.5) is 24.5 Å². The molecule has 0 bridgehead atoms. The van der Waals surface area contributed by atoms with Gasteiger partial charge in [0.05, 0.1) is 27.9 Å². The highest BCUT2D eigenvalue weighted by atomic mass is 32.1. The fourth-order valence-electron chi connectivity index (χ4n) is 3.38. The van der Waals surface area contributed by atoms with E-state index in [0.29, 0.717) is 21.9 Å². The molecule has 0 unspecified atom stereocenters. The van der Waals surface area contributed by atoms with E-state index in [1.165, 1.54) is 29.7 Å². The number of nitrogens with one attached hydrogen (secondary N) is 3. The molecule has 0 saturated heterocycles. The number of hydrazone groups is 1. The fraction of sp³-hybridized carbons (Fsp3) is 0.0714. The number of hydrogen-bond donors (Lipinski definition) is 3. The molecule has 1 aromatic heterocycles. The summed E-state index contributed by atoms with van der Waals surface area (Å²) < 4.78 is 43.9. The molecule has 3 N–H and O–H groups in total. The van der Waals surface area contributed by atoms with Crippen LogP contribution in [-0.4, -0.2) is 30.5 Å². The summed E-state index contributed by atoms with van der Waals surface area (Å²) in [6, 6.07) is 20.7. The number of rotatable bonds is 9. The standard InChI is InChI=1S/C28H21F3N4O4S/c29-28(30,31)19-5-3-6-20(15-19)33-25(36)17-39-21-12-10-18(11-13-21)16-32-35-26(37)22-7-1-2-8-23(22)34-27(38)24-9-4-14-40-24/h1-16H,17H2,(H,33,36)(H,34,38)(H,35,37)/b32-16-. The molecule has 0 atom stereocenters. The Balaban J connectivity index is 1.27. The molecule has 0 saturated carbocycles. The van der Waals surface area contributed by atoms with E-state index in [-0.39, 0.29) is 17.2 Å². The second-order valence-corrected chi connectivity index (χ2v) is 9.11. The third-order valence-electron chi connectivity index (χ3n) is 5.27. The van der Waals surface area contributed by atoms with Crippen LogP contribution in [-0.2, 0) is 11.0 Å². The molecular weight excluding hydrogens is 545 g/mol. The number of thiophene rings is 1. The largest absolute Gasteiger partial charge is 0.484 e. The van der Waals surface area contributed by atoms with E-state index in [1.807, 2.05) is 0 Å². The van der Waals surface area contributed by atoms with E-state index < -0.39 is 30.2 Å². The van der Waals surface area contributed by atoms with E-state index in [0.717, 1.165) is 12.1 Å². The summed E-state index contributed by atoms with van der Waals surface area (Å²) in [4.78, 5) is 37.6. The van der Waals surface area contributed by atoms with Crippen LogP contribution in [0, 0.1) is 0 Å². The molecule has 4 rings (SSSR count). The van der Waals surface area contributed by atoms with Crippen molar-refractivity contribution in [2.24, 2.45) is 5.10 Å². The Labute approximate surface area is 230 Å². The lowest BCUT2D eigenvalue weighted by atomic mass is 10.1. The molecule has 0 aliphatic heterocycles. The zero-order chi connectivity index (χ0) is 28.5. The van der Waals surface area contributed by atoms with Crippen molar-refractivity contribution in [1.29, 1.82) is 0 Å². The van der Waals surface area contributed by atoms with Gasteiger partial charge < -0.3 is 15.4 Å². The first kappa shape index (κ1) is 28.0. The van der Waals surface area contributed by atoms with E-state index in [1.54, 1.807) is 66.0 Å². The monoisotopic (exact) mass is 566 g/mol. The summed E-state index contributed by atoms with van der Waals surface area (Å²) in [5.74, 6) is -1.13. The molecule has 12 heteroatoms. The number of amides is 3. The Morgan fingerprint density at radius 3 is 2.38 bits per heavy atom. The maximum absolute atomic E-state index is 12.8. The number of carbonyl (C=O) groups excluding carboxylic acids is 3. The third kappa shape index (κ3) is 7.77. The highest BCUT2D eigenvalue weighted by molar-refractivity contribution is 7.12. The molecule has 1 heterocycles. The summed E-state index contributed by atoms with van der Waals surface area (Å²) >= 11 is 1.28. The smallest absolute Gasteiger partial charge is 0.416 e. The lowest BCUT2D eigenvalue weighted by Gasteiger charge is -2.10. The minimum atomic E-state index is -4.52. The molecule has 0 spiro atoms. The highest BCUT2D eigenvalue weighted by Crippen LogP contribution is 2.30. The number of alkyl halides is 3. The molecule has 0 fully saturated rings. The molecule has 8 nitrogen and oxygen atoms in total. The van der Waals surface area contributed by atoms with Crippen molar-refractivity contribution in [3.8, 4) is 5.75 Å². The van der Waals surface area contributed by atoms with Crippen LogP contribution in [0.25, 0.3) is 0 Å². The molecule has 3 amide bonds. The van der Waals surface area contributed by atoms with Crippen molar-refractivity contribution in [3.05, 3.63) is 112 Å². The van der Waals surface area contributed by atoms with Gasteiger partial charge in [0.15, 0.2) is 6.61 Å². The Hall–Kier alpha value is -4.97. The molecule has 0 aliphatic rings. The van der Waals surface area contributed by atoms with Crippen molar-refractivity contribution >= 4 is 46.6 Å². The van der Waals surface area contributed by atoms with Crippen molar-refractivity contribution in [2.45, 2.75) is 6.18 Å². The van der Waals surface area contributed by atoms with E-state index in [2.05, 4.69) is 21.2 Å². The van der Waals surface area contributed by atoms with Gasteiger partial charge in [-0.2, -0.15) is 18.3 Å². The molecule has 4 aromatic rings. The minimum absolute atomic E-state index is 0.00421. The van der Waals surface area contributed by atoms with Crippen LogP contribution in [0.5, 0.6) is 5.75 Å². The SMILES string of the molecule is O=C(COc1ccc(/C=N\NC(=O)c2ccccc2NC(=O)c2cccs2)cc1)Nc1cccc(C(F)(F)F)c1. The Kier molecular flexibility index (Phi) is 8.92. The average molecular weight is 567 g/mol. The van der Waals surface area contributed by atoms with Crippen LogP contribution < -0.4 is 20.8 Å². The number of carbonyl (C=O) groups is 3. The van der Waals surface area contributed by atoms with E-state index in [4.69, 9.17) is 4.74 Å². The van der Waals surface area contributed by atoms with Crippen molar-refractivity contribution < 1.29 is 32.3 Å². The summed E-state index contributed by atoms with van der Waals surface area (Å²) in [6.45, 7) is -0.415. The van der Waals surface area contributed by atoms with Crippen LogP contribution >= 0.6 is 11.3 Å². The zero-order valence-electron chi connectivity index (χ0n) is 20.6. The van der Waals surface area contributed by atoms with Crippen molar-refractivity contribution in [1.82, 2.24) is 5.43 Å². The fourth-order valence-corrected chi connectivity index (χ4v) is 4.00. The van der Waals surface area contributed by atoms with Gasteiger partial charge in [0, 0.05) is 5.69 Å². The molecule has 0 aliphatic carbocycles. The Bertz CT molecular complexity index is 1520. The van der Waals surface area contributed by atoms with Gasteiger partial charge in [-0.3, -0.25) is 14.4 Å². The molecule has 3 aromatic carbocycles. The number of ether oxygens (including phenoxy) is 1. The Morgan fingerprint density at radius 1 is 0.875 bits per heavy atom. The topological polar surface area (TPSA) is 109 Å². The second-order valence-electron chi connectivity index (χ2n) is 8.16. The van der Waals surface area contributed by atoms with Crippen LogP contribution in [0.3, 0.4) is 0 Å². The second kappa shape index (κ2) is 12.7.